The molecule has 0 heterocycles. The fraction of sp³-hybridized carbons (Fsp3) is 0.208. The lowest BCUT2D eigenvalue weighted by molar-refractivity contribution is 0.0932. The molecule has 1 atom stereocenters. The molecule has 5 nitrogen and oxygen atoms in total. The van der Waals surface area contributed by atoms with Crippen molar-refractivity contribution >= 4 is 33.2 Å². The van der Waals surface area contributed by atoms with Crippen LogP contribution in [0.1, 0.15) is 42.2 Å². The number of benzene rings is 3. The summed E-state index contributed by atoms with van der Waals surface area (Å²) in [4.78, 5) is 13.0. The van der Waals surface area contributed by atoms with Crippen LogP contribution < -0.4 is 10.0 Å². The molecular formula is C24H25ClN2O3S. The summed E-state index contributed by atoms with van der Waals surface area (Å²) >= 11 is 6.30. The molecule has 0 aliphatic carbocycles. The molecule has 0 fully saturated rings. The van der Waals surface area contributed by atoms with Crippen molar-refractivity contribution in [2.45, 2.75) is 31.2 Å². The lowest BCUT2D eigenvalue weighted by Gasteiger charge is -2.21. The average Bonchev–Trinajstić information content (AvgIpc) is 2.75. The Morgan fingerprint density at radius 2 is 1.55 bits per heavy atom. The molecule has 31 heavy (non-hydrogen) atoms. The highest BCUT2D eigenvalue weighted by Gasteiger charge is 2.19. The lowest BCUT2D eigenvalue weighted by Crippen LogP contribution is -2.29. The van der Waals surface area contributed by atoms with E-state index in [9.17, 15) is 13.2 Å². The molecule has 0 aliphatic heterocycles. The van der Waals surface area contributed by atoms with Crippen molar-refractivity contribution in [1.29, 1.82) is 0 Å². The Kier molecular flexibility index (Phi) is 7.36. The second kappa shape index (κ2) is 9.98. The van der Waals surface area contributed by atoms with Gasteiger partial charge in [0, 0.05) is 5.56 Å². The van der Waals surface area contributed by atoms with Crippen LogP contribution in [0.25, 0.3) is 0 Å². The van der Waals surface area contributed by atoms with Crippen LogP contribution in [0.5, 0.6) is 0 Å². The maximum atomic E-state index is 12.9. The first kappa shape index (κ1) is 22.8. The molecule has 1 amide bonds. The molecule has 0 unspecified atom stereocenters. The summed E-state index contributed by atoms with van der Waals surface area (Å²) in [7, 11) is -3.77. The van der Waals surface area contributed by atoms with E-state index in [1.165, 1.54) is 24.3 Å². The molecule has 0 radical (unpaired) electrons. The van der Waals surface area contributed by atoms with E-state index in [0.717, 1.165) is 12.0 Å². The summed E-state index contributed by atoms with van der Waals surface area (Å²) in [6, 6.07) is 22.2. The monoisotopic (exact) mass is 456 g/mol. The number of hydrogen-bond acceptors (Lipinski definition) is 3. The summed E-state index contributed by atoms with van der Waals surface area (Å²) in [6.07, 6.45) is 0.790. The number of carbonyl (C=O) groups excluding carboxylic acids is 1. The molecule has 2 N–H and O–H groups in total. The van der Waals surface area contributed by atoms with E-state index in [-0.39, 0.29) is 27.6 Å². The molecular weight excluding hydrogens is 432 g/mol. The first-order valence-electron chi connectivity index (χ1n) is 9.99. The second-order valence-electron chi connectivity index (χ2n) is 7.68. The predicted molar refractivity (Wildman–Crippen MR) is 125 cm³/mol. The quantitative estimate of drug-likeness (QED) is 0.459. The number of carbonyl (C=O) groups is 1. The molecule has 0 aliphatic rings. The Morgan fingerprint density at radius 3 is 2.13 bits per heavy atom. The van der Waals surface area contributed by atoms with E-state index in [4.69, 9.17) is 11.6 Å². The van der Waals surface area contributed by atoms with Crippen molar-refractivity contribution in [3.63, 3.8) is 0 Å². The summed E-state index contributed by atoms with van der Waals surface area (Å²) < 4.78 is 27.5. The zero-order valence-corrected chi connectivity index (χ0v) is 19.0. The number of hydrogen-bond donors (Lipinski definition) is 2. The van der Waals surface area contributed by atoms with Crippen LogP contribution in [0.4, 0.5) is 5.69 Å². The Balaban J connectivity index is 1.77. The van der Waals surface area contributed by atoms with E-state index in [1.807, 2.05) is 30.3 Å². The number of nitrogens with one attached hydrogen (secondary N) is 2. The van der Waals surface area contributed by atoms with Crippen molar-refractivity contribution in [1.82, 2.24) is 5.32 Å². The lowest BCUT2D eigenvalue weighted by atomic mass is 9.96. The maximum Gasteiger partial charge on any atom is 0.261 e. The van der Waals surface area contributed by atoms with Gasteiger partial charge in [0.15, 0.2) is 0 Å². The topological polar surface area (TPSA) is 75.3 Å². The smallest absolute Gasteiger partial charge is 0.261 e. The van der Waals surface area contributed by atoms with Crippen LogP contribution >= 0.6 is 11.6 Å². The number of halogens is 1. The summed E-state index contributed by atoms with van der Waals surface area (Å²) in [6.45, 7) is 4.21. The van der Waals surface area contributed by atoms with Gasteiger partial charge < -0.3 is 5.32 Å². The van der Waals surface area contributed by atoms with Gasteiger partial charge in [0.25, 0.3) is 15.9 Å². The van der Waals surface area contributed by atoms with Crippen LogP contribution in [0, 0.1) is 5.92 Å². The van der Waals surface area contributed by atoms with Gasteiger partial charge in [-0.1, -0.05) is 74.0 Å². The molecule has 0 bridgehead atoms. The van der Waals surface area contributed by atoms with Gasteiger partial charge in [0.2, 0.25) is 0 Å². The minimum absolute atomic E-state index is 0.132. The van der Waals surface area contributed by atoms with Crippen LogP contribution in [0.3, 0.4) is 0 Å². The highest BCUT2D eigenvalue weighted by Crippen LogP contribution is 2.27. The standard InChI is InChI=1S/C24H25ClN2O3S/c1-17(2)15-23(18-9-5-3-6-10-18)26-24(28)19-13-14-22(21(25)16-19)27-31(29,30)20-11-7-4-8-12-20/h3-14,16-17,23,27H,15H2,1-2H3,(H,26,28)/t23-/m0/s1. The van der Waals surface area contributed by atoms with Crippen LogP contribution in [-0.4, -0.2) is 14.3 Å². The molecule has 0 spiro atoms. The Labute approximate surface area is 188 Å². The Bertz CT molecular complexity index is 1130. The van der Waals surface area contributed by atoms with Crippen molar-refractivity contribution in [2.24, 2.45) is 5.92 Å². The van der Waals surface area contributed by atoms with Gasteiger partial charge in [0.05, 0.1) is 21.6 Å². The van der Waals surface area contributed by atoms with E-state index < -0.39 is 10.0 Å². The predicted octanol–water partition coefficient (Wildman–Crippen LogP) is 5.66. The van der Waals surface area contributed by atoms with Crippen molar-refractivity contribution in [2.75, 3.05) is 4.72 Å². The maximum absolute atomic E-state index is 12.9. The number of anilines is 1. The number of rotatable bonds is 8. The highest BCUT2D eigenvalue weighted by atomic mass is 35.5. The molecule has 0 aromatic heterocycles. The molecule has 7 heteroatoms. The van der Waals surface area contributed by atoms with E-state index >= 15 is 0 Å². The zero-order valence-electron chi connectivity index (χ0n) is 17.4. The Morgan fingerprint density at radius 1 is 0.935 bits per heavy atom. The van der Waals surface area contributed by atoms with Gasteiger partial charge in [0.1, 0.15) is 0 Å². The average molecular weight is 457 g/mol. The SMILES string of the molecule is CC(C)C[C@H](NC(=O)c1ccc(NS(=O)(=O)c2ccccc2)c(Cl)c1)c1ccccc1. The van der Waals surface area contributed by atoms with Gasteiger partial charge >= 0.3 is 0 Å². The molecule has 162 valence electrons. The molecule has 0 saturated heterocycles. The van der Waals surface area contributed by atoms with Gasteiger partial charge in [-0.2, -0.15) is 0 Å². The number of amides is 1. The largest absolute Gasteiger partial charge is 0.345 e. The first-order chi connectivity index (χ1) is 14.8. The van der Waals surface area contributed by atoms with Crippen molar-refractivity contribution in [3.05, 3.63) is 95.0 Å². The third-order valence-electron chi connectivity index (χ3n) is 4.74. The second-order valence-corrected chi connectivity index (χ2v) is 9.77. The van der Waals surface area contributed by atoms with Crippen LogP contribution in [-0.2, 0) is 10.0 Å². The minimum atomic E-state index is -3.77. The summed E-state index contributed by atoms with van der Waals surface area (Å²) in [5.74, 6) is 0.123. The Hall–Kier alpha value is -2.83. The summed E-state index contributed by atoms with van der Waals surface area (Å²) in [5.41, 5.74) is 1.60. The van der Waals surface area contributed by atoms with Gasteiger partial charge in [-0.3, -0.25) is 9.52 Å². The van der Waals surface area contributed by atoms with Gasteiger partial charge in [-0.25, -0.2) is 8.42 Å². The first-order valence-corrected chi connectivity index (χ1v) is 11.9. The minimum Gasteiger partial charge on any atom is -0.345 e. The molecule has 3 aromatic rings. The molecule has 3 aromatic carbocycles. The normalized spacial score (nSPS) is 12.4. The molecule has 3 rings (SSSR count). The van der Waals surface area contributed by atoms with Crippen molar-refractivity contribution < 1.29 is 13.2 Å². The van der Waals surface area contributed by atoms with Crippen LogP contribution in [0.15, 0.2) is 83.8 Å². The van der Waals surface area contributed by atoms with E-state index in [2.05, 4.69) is 23.9 Å². The van der Waals surface area contributed by atoms with Gasteiger partial charge in [-0.15, -0.1) is 0 Å². The van der Waals surface area contributed by atoms with E-state index in [1.54, 1.807) is 24.3 Å². The number of sulfonamides is 1. The third-order valence-corrected chi connectivity index (χ3v) is 6.44. The third kappa shape index (κ3) is 6.09. The zero-order chi connectivity index (χ0) is 22.4. The highest BCUT2D eigenvalue weighted by molar-refractivity contribution is 7.92. The fourth-order valence-corrected chi connectivity index (χ4v) is 4.60. The summed E-state index contributed by atoms with van der Waals surface area (Å²) in [5, 5.41) is 3.21. The van der Waals surface area contributed by atoms with Crippen molar-refractivity contribution in [3.8, 4) is 0 Å². The van der Waals surface area contributed by atoms with Gasteiger partial charge in [-0.05, 0) is 48.2 Å². The molecule has 0 saturated carbocycles. The van der Waals surface area contributed by atoms with Crippen LogP contribution in [0.2, 0.25) is 5.02 Å². The fourth-order valence-electron chi connectivity index (χ4n) is 3.22. The van der Waals surface area contributed by atoms with E-state index in [0.29, 0.717) is 11.5 Å².